The van der Waals surface area contributed by atoms with E-state index in [0.717, 1.165) is 5.75 Å². The molecule has 0 unspecified atom stereocenters. The molecule has 3 atom stereocenters. The van der Waals surface area contributed by atoms with E-state index in [-0.39, 0.29) is 0 Å². The standard InChI is InChI=1S/C17H23NO/c1-5-12-13-7-6-11(19-4)10-15(13)18-16-14(12)8-9-17(16,2)3/h5-7,10,12,14,16,18H,1,8-9H2,2-4H3/t12-,14+,16+/m1/s1. The van der Waals surface area contributed by atoms with Crippen molar-refractivity contribution in [2.45, 2.75) is 38.6 Å². The summed E-state index contributed by atoms with van der Waals surface area (Å²) in [5.41, 5.74) is 2.95. The van der Waals surface area contributed by atoms with Crippen LogP contribution >= 0.6 is 0 Å². The molecule has 0 bridgehead atoms. The normalized spacial score (nSPS) is 31.0. The fourth-order valence-corrected chi connectivity index (χ4v) is 3.91. The highest BCUT2D eigenvalue weighted by Crippen LogP contribution is 2.53. The van der Waals surface area contributed by atoms with E-state index in [0.29, 0.717) is 23.3 Å². The fourth-order valence-electron chi connectivity index (χ4n) is 3.91. The number of allylic oxidation sites excluding steroid dienone is 1. The molecule has 1 heterocycles. The Hall–Kier alpha value is -1.44. The van der Waals surface area contributed by atoms with Gasteiger partial charge in [-0.3, -0.25) is 0 Å². The van der Waals surface area contributed by atoms with Gasteiger partial charge in [0.2, 0.25) is 0 Å². The number of methoxy groups -OCH3 is 1. The largest absolute Gasteiger partial charge is 0.497 e. The first-order chi connectivity index (χ1) is 9.06. The van der Waals surface area contributed by atoms with E-state index in [1.54, 1.807) is 7.11 Å². The summed E-state index contributed by atoms with van der Waals surface area (Å²) >= 11 is 0. The van der Waals surface area contributed by atoms with E-state index in [1.165, 1.54) is 24.1 Å². The molecule has 19 heavy (non-hydrogen) atoms. The van der Waals surface area contributed by atoms with Gasteiger partial charge >= 0.3 is 0 Å². The molecule has 3 rings (SSSR count). The molecule has 0 spiro atoms. The van der Waals surface area contributed by atoms with Crippen molar-refractivity contribution in [3.05, 3.63) is 36.4 Å². The van der Waals surface area contributed by atoms with Gasteiger partial charge < -0.3 is 10.1 Å². The van der Waals surface area contributed by atoms with Crippen LogP contribution in [0.3, 0.4) is 0 Å². The SMILES string of the molecule is C=C[C@@H]1c2ccc(OC)cc2N[C@H]2[C@H]1CCC2(C)C. The second-order valence-electron chi connectivity index (χ2n) is 6.53. The lowest BCUT2D eigenvalue weighted by Crippen LogP contribution is -2.41. The minimum absolute atomic E-state index is 0.354. The zero-order valence-electron chi connectivity index (χ0n) is 12.1. The Balaban J connectivity index is 2.06. The molecule has 1 aliphatic heterocycles. The van der Waals surface area contributed by atoms with Crippen LogP contribution in [0, 0.1) is 11.3 Å². The van der Waals surface area contributed by atoms with Gasteiger partial charge in [0.05, 0.1) is 7.11 Å². The van der Waals surface area contributed by atoms with Crippen LogP contribution < -0.4 is 10.1 Å². The summed E-state index contributed by atoms with van der Waals surface area (Å²) in [6.07, 6.45) is 4.70. The molecule has 1 aromatic rings. The number of benzene rings is 1. The van der Waals surface area contributed by atoms with Gasteiger partial charge in [0.15, 0.2) is 0 Å². The third-order valence-electron chi connectivity index (χ3n) is 5.04. The van der Waals surface area contributed by atoms with Crippen molar-refractivity contribution in [1.82, 2.24) is 0 Å². The van der Waals surface area contributed by atoms with Gasteiger partial charge in [-0.1, -0.05) is 26.0 Å². The Morgan fingerprint density at radius 3 is 2.89 bits per heavy atom. The number of fused-ring (bicyclic) bond motifs is 2. The Kier molecular flexibility index (Phi) is 2.84. The molecule has 0 amide bonds. The van der Waals surface area contributed by atoms with Gasteiger partial charge in [0.25, 0.3) is 0 Å². The number of hydrogen-bond acceptors (Lipinski definition) is 2. The molecule has 1 aliphatic carbocycles. The van der Waals surface area contributed by atoms with Crippen LogP contribution in [0.1, 0.15) is 38.2 Å². The van der Waals surface area contributed by atoms with E-state index in [2.05, 4.69) is 50.0 Å². The Morgan fingerprint density at radius 1 is 1.42 bits per heavy atom. The average Bonchev–Trinajstić information content (AvgIpc) is 2.71. The first kappa shape index (κ1) is 12.6. The first-order valence-corrected chi connectivity index (χ1v) is 7.14. The predicted molar refractivity (Wildman–Crippen MR) is 79.8 cm³/mol. The van der Waals surface area contributed by atoms with Crippen LogP contribution in [0.2, 0.25) is 0 Å². The average molecular weight is 257 g/mol. The lowest BCUT2D eigenvalue weighted by atomic mass is 9.74. The van der Waals surface area contributed by atoms with Gasteiger partial charge in [-0.25, -0.2) is 0 Å². The summed E-state index contributed by atoms with van der Waals surface area (Å²) in [5.74, 6) is 2.06. The van der Waals surface area contributed by atoms with Gasteiger partial charge in [0.1, 0.15) is 5.75 Å². The highest BCUT2D eigenvalue weighted by atomic mass is 16.5. The highest BCUT2D eigenvalue weighted by Gasteiger charge is 2.47. The van der Waals surface area contributed by atoms with Crippen LogP contribution in [-0.2, 0) is 0 Å². The topological polar surface area (TPSA) is 21.3 Å². The van der Waals surface area contributed by atoms with E-state index in [9.17, 15) is 0 Å². The van der Waals surface area contributed by atoms with Crippen molar-refractivity contribution < 1.29 is 4.74 Å². The van der Waals surface area contributed by atoms with E-state index >= 15 is 0 Å². The van der Waals surface area contributed by atoms with Crippen molar-refractivity contribution >= 4 is 5.69 Å². The quantitative estimate of drug-likeness (QED) is 0.802. The summed E-state index contributed by atoms with van der Waals surface area (Å²) in [4.78, 5) is 0. The molecule has 0 radical (unpaired) electrons. The number of hydrogen-bond donors (Lipinski definition) is 1. The minimum Gasteiger partial charge on any atom is -0.497 e. The summed E-state index contributed by atoms with van der Waals surface area (Å²) in [6.45, 7) is 8.82. The molecular weight excluding hydrogens is 234 g/mol. The molecule has 2 heteroatoms. The van der Waals surface area contributed by atoms with Gasteiger partial charge in [-0.15, -0.1) is 6.58 Å². The summed E-state index contributed by atoms with van der Waals surface area (Å²) in [6, 6.07) is 6.90. The van der Waals surface area contributed by atoms with Crippen molar-refractivity contribution in [3.63, 3.8) is 0 Å². The van der Waals surface area contributed by atoms with Crippen molar-refractivity contribution in [2.75, 3.05) is 12.4 Å². The molecule has 1 N–H and O–H groups in total. The maximum absolute atomic E-state index is 5.35. The summed E-state index contributed by atoms with van der Waals surface area (Å²) < 4.78 is 5.35. The molecular formula is C17H23NO. The van der Waals surface area contributed by atoms with Crippen LogP contribution in [0.15, 0.2) is 30.9 Å². The predicted octanol–water partition coefficient (Wildman–Crippen LogP) is 4.20. The second-order valence-corrected chi connectivity index (χ2v) is 6.53. The Labute approximate surface area is 115 Å². The third-order valence-corrected chi connectivity index (χ3v) is 5.04. The monoisotopic (exact) mass is 257 g/mol. The maximum atomic E-state index is 5.35. The first-order valence-electron chi connectivity index (χ1n) is 7.14. The van der Waals surface area contributed by atoms with Crippen LogP contribution in [0.5, 0.6) is 5.75 Å². The van der Waals surface area contributed by atoms with E-state index < -0.39 is 0 Å². The number of nitrogens with one attached hydrogen (secondary N) is 1. The molecule has 1 saturated carbocycles. The second kappa shape index (κ2) is 4.29. The third kappa shape index (κ3) is 1.85. The van der Waals surface area contributed by atoms with Gasteiger partial charge in [0, 0.05) is 23.7 Å². The lowest BCUT2D eigenvalue weighted by molar-refractivity contribution is 0.304. The zero-order chi connectivity index (χ0) is 13.6. The van der Waals surface area contributed by atoms with Crippen LogP contribution in [0.25, 0.3) is 0 Å². The Bertz CT molecular complexity index is 506. The number of rotatable bonds is 2. The van der Waals surface area contributed by atoms with Crippen molar-refractivity contribution in [1.29, 1.82) is 0 Å². The van der Waals surface area contributed by atoms with Crippen molar-refractivity contribution in [3.8, 4) is 5.75 Å². The van der Waals surface area contributed by atoms with Gasteiger partial charge in [-0.2, -0.15) is 0 Å². The molecule has 2 nitrogen and oxygen atoms in total. The molecule has 2 aliphatic rings. The van der Waals surface area contributed by atoms with E-state index in [4.69, 9.17) is 4.74 Å². The number of anilines is 1. The van der Waals surface area contributed by atoms with Crippen LogP contribution in [-0.4, -0.2) is 13.2 Å². The molecule has 1 aromatic carbocycles. The van der Waals surface area contributed by atoms with Crippen molar-refractivity contribution in [2.24, 2.45) is 11.3 Å². The zero-order valence-corrected chi connectivity index (χ0v) is 12.1. The van der Waals surface area contributed by atoms with E-state index in [1.807, 2.05) is 0 Å². The lowest BCUT2D eigenvalue weighted by Gasteiger charge is -2.41. The molecule has 102 valence electrons. The fraction of sp³-hybridized carbons (Fsp3) is 0.529. The maximum Gasteiger partial charge on any atom is 0.120 e. The van der Waals surface area contributed by atoms with Gasteiger partial charge in [-0.05, 0) is 35.8 Å². The molecule has 0 saturated heterocycles. The number of ether oxygens (including phenoxy) is 1. The van der Waals surface area contributed by atoms with Crippen LogP contribution in [0.4, 0.5) is 5.69 Å². The summed E-state index contributed by atoms with van der Waals surface area (Å²) in [5, 5.41) is 3.76. The molecule has 0 aromatic heterocycles. The minimum atomic E-state index is 0.354. The highest BCUT2D eigenvalue weighted by molar-refractivity contribution is 5.61. The smallest absolute Gasteiger partial charge is 0.120 e. The summed E-state index contributed by atoms with van der Waals surface area (Å²) in [7, 11) is 1.72. The molecule has 1 fully saturated rings. The Morgan fingerprint density at radius 2 is 2.21 bits per heavy atom.